The van der Waals surface area contributed by atoms with E-state index in [-0.39, 0.29) is 0 Å². The van der Waals surface area contributed by atoms with Crippen LogP contribution in [0.25, 0.3) is 17.0 Å². The first-order chi connectivity index (χ1) is 13.3. The van der Waals surface area contributed by atoms with Crippen molar-refractivity contribution in [2.45, 2.75) is 18.9 Å². The van der Waals surface area contributed by atoms with E-state index in [9.17, 15) is 5.26 Å². The SMILES string of the molecule is N#Cc1cnn2c(NC3CC3)cc(Nc3cccc(-c4nn[nH]n4)c3)nc12. The lowest BCUT2D eigenvalue weighted by Gasteiger charge is -2.11. The summed E-state index contributed by atoms with van der Waals surface area (Å²) in [6.07, 6.45) is 3.79. The highest BCUT2D eigenvalue weighted by Crippen LogP contribution is 2.28. The molecule has 0 saturated heterocycles. The third-order valence-electron chi connectivity index (χ3n) is 4.26. The van der Waals surface area contributed by atoms with Crippen LogP contribution in [0.5, 0.6) is 0 Å². The number of rotatable bonds is 5. The zero-order chi connectivity index (χ0) is 18.2. The maximum atomic E-state index is 9.33. The Kier molecular flexibility index (Phi) is 3.43. The second kappa shape index (κ2) is 6.06. The van der Waals surface area contributed by atoms with Crippen molar-refractivity contribution < 1.29 is 0 Å². The molecule has 1 saturated carbocycles. The number of nitriles is 1. The summed E-state index contributed by atoms with van der Waals surface area (Å²) < 4.78 is 1.66. The van der Waals surface area contributed by atoms with Gasteiger partial charge in [0, 0.05) is 23.4 Å². The quantitative estimate of drug-likeness (QED) is 0.494. The minimum absolute atomic E-state index is 0.429. The fourth-order valence-corrected chi connectivity index (χ4v) is 2.81. The molecule has 132 valence electrons. The molecule has 3 aromatic heterocycles. The minimum Gasteiger partial charge on any atom is -0.367 e. The Bertz CT molecular complexity index is 1150. The molecule has 4 aromatic rings. The van der Waals surface area contributed by atoms with Crippen LogP contribution in [0.3, 0.4) is 0 Å². The normalized spacial score (nSPS) is 13.4. The van der Waals surface area contributed by atoms with Gasteiger partial charge in [-0.1, -0.05) is 12.1 Å². The molecule has 0 bridgehead atoms. The van der Waals surface area contributed by atoms with Gasteiger partial charge in [0.2, 0.25) is 5.82 Å². The van der Waals surface area contributed by atoms with Crippen LogP contribution in [0, 0.1) is 11.3 Å². The van der Waals surface area contributed by atoms with Crippen LogP contribution in [-0.2, 0) is 0 Å². The molecule has 0 spiro atoms. The van der Waals surface area contributed by atoms with Crippen molar-refractivity contribution >= 4 is 23.0 Å². The van der Waals surface area contributed by atoms with Crippen molar-refractivity contribution in [2.24, 2.45) is 0 Å². The Hall–Kier alpha value is -4.00. The first-order valence-corrected chi connectivity index (χ1v) is 8.46. The van der Waals surface area contributed by atoms with Crippen LogP contribution >= 0.6 is 0 Å². The number of anilines is 3. The van der Waals surface area contributed by atoms with E-state index in [4.69, 9.17) is 0 Å². The van der Waals surface area contributed by atoms with Crippen molar-refractivity contribution in [1.29, 1.82) is 5.26 Å². The van der Waals surface area contributed by atoms with Gasteiger partial charge in [-0.3, -0.25) is 0 Å². The van der Waals surface area contributed by atoms with Gasteiger partial charge in [-0.05, 0) is 30.2 Å². The number of tetrazole rings is 1. The smallest absolute Gasteiger partial charge is 0.204 e. The molecule has 0 unspecified atom stereocenters. The molecular weight excluding hydrogens is 344 g/mol. The Morgan fingerprint density at radius 2 is 2.19 bits per heavy atom. The summed E-state index contributed by atoms with van der Waals surface area (Å²) in [6.45, 7) is 0. The van der Waals surface area contributed by atoms with E-state index in [1.807, 2.05) is 30.3 Å². The Morgan fingerprint density at radius 3 is 2.96 bits per heavy atom. The molecule has 3 N–H and O–H groups in total. The third kappa shape index (κ3) is 2.91. The summed E-state index contributed by atoms with van der Waals surface area (Å²) in [5.41, 5.74) is 2.59. The van der Waals surface area contributed by atoms with E-state index in [0.29, 0.717) is 28.9 Å². The number of nitrogens with one attached hydrogen (secondary N) is 3. The molecule has 1 aliphatic carbocycles. The van der Waals surface area contributed by atoms with Crippen LogP contribution < -0.4 is 10.6 Å². The van der Waals surface area contributed by atoms with E-state index in [0.717, 1.165) is 29.9 Å². The molecule has 1 aliphatic rings. The van der Waals surface area contributed by atoms with Crippen molar-refractivity contribution in [3.8, 4) is 17.5 Å². The molecule has 0 amide bonds. The average Bonchev–Trinajstić information content (AvgIpc) is 3.18. The first kappa shape index (κ1) is 15.3. The number of hydrogen-bond acceptors (Lipinski definition) is 8. The summed E-state index contributed by atoms with van der Waals surface area (Å²) in [7, 11) is 0. The average molecular weight is 358 g/mol. The van der Waals surface area contributed by atoms with Crippen LogP contribution in [0.15, 0.2) is 36.5 Å². The highest BCUT2D eigenvalue weighted by atomic mass is 15.5. The van der Waals surface area contributed by atoms with Crippen molar-refractivity contribution in [3.63, 3.8) is 0 Å². The predicted octanol–water partition coefficient (Wildman–Crippen LogP) is 2.10. The summed E-state index contributed by atoms with van der Waals surface area (Å²) in [5.74, 6) is 1.94. The Morgan fingerprint density at radius 1 is 1.26 bits per heavy atom. The summed E-state index contributed by atoms with van der Waals surface area (Å²) in [6, 6.07) is 12.1. The summed E-state index contributed by atoms with van der Waals surface area (Å²) >= 11 is 0. The molecule has 0 aliphatic heterocycles. The lowest BCUT2D eigenvalue weighted by Crippen LogP contribution is -2.09. The van der Waals surface area contributed by atoms with E-state index < -0.39 is 0 Å². The van der Waals surface area contributed by atoms with Crippen molar-refractivity contribution in [1.82, 2.24) is 35.2 Å². The molecule has 3 heterocycles. The largest absolute Gasteiger partial charge is 0.367 e. The molecule has 1 fully saturated rings. The zero-order valence-electron chi connectivity index (χ0n) is 14.1. The molecular formula is C17H14N10. The number of nitrogens with zero attached hydrogens (tertiary/aromatic N) is 7. The van der Waals surface area contributed by atoms with Crippen LogP contribution in [0.1, 0.15) is 18.4 Å². The fraction of sp³-hybridized carbons (Fsp3) is 0.176. The van der Waals surface area contributed by atoms with Gasteiger partial charge in [0.05, 0.1) is 6.20 Å². The van der Waals surface area contributed by atoms with Gasteiger partial charge in [0.25, 0.3) is 0 Å². The minimum atomic E-state index is 0.429. The molecule has 0 atom stereocenters. The van der Waals surface area contributed by atoms with Gasteiger partial charge in [0.15, 0.2) is 5.65 Å². The molecule has 5 rings (SSSR count). The number of aromatic nitrogens is 7. The lowest BCUT2D eigenvalue weighted by molar-refractivity contribution is 0.881. The van der Waals surface area contributed by atoms with E-state index >= 15 is 0 Å². The zero-order valence-corrected chi connectivity index (χ0v) is 14.1. The van der Waals surface area contributed by atoms with Gasteiger partial charge in [0.1, 0.15) is 23.3 Å². The van der Waals surface area contributed by atoms with Gasteiger partial charge in [-0.2, -0.15) is 20.1 Å². The number of aromatic amines is 1. The van der Waals surface area contributed by atoms with Crippen LogP contribution in [0.2, 0.25) is 0 Å². The maximum absolute atomic E-state index is 9.33. The second-order valence-electron chi connectivity index (χ2n) is 6.29. The third-order valence-corrected chi connectivity index (χ3v) is 4.26. The topological polar surface area (TPSA) is 132 Å². The number of benzene rings is 1. The summed E-state index contributed by atoms with van der Waals surface area (Å²) in [5, 5.41) is 34.4. The van der Waals surface area contributed by atoms with Gasteiger partial charge in [-0.25, -0.2) is 4.98 Å². The maximum Gasteiger partial charge on any atom is 0.204 e. The highest BCUT2D eigenvalue weighted by molar-refractivity contribution is 5.70. The first-order valence-electron chi connectivity index (χ1n) is 8.46. The second-order valence-corrected chi connectivity index (χ2v) is 6.29. The molecule has 10 heteroatoms. The fourth-order valence-electron chi connectivity index (χ4n) is 2.81. The van der Waals surface area contributed by atoms with E-state index in [1.54, 1.807) is 4.52 Å². The summed E-state index contributed by atoms with van der Waals surface area (Å²) in [4.78, 5) is 4.56. The lowest BCUT2D eigenvalue weighted by atomic mass is 10.2. The van der Waals surface area contributed by atoms with Crippen molar-refractivity contribution in [3.05, 3.63) is 42.1 Å². The molecule has 27 heavy (non-hydrogen) atoms. The standard InChI is InChI=1S/C17H14N10/c18-8-11-9-19-27-15(21-12-4-5-12)7-14(22-17(11)27)20-13-3-1-2-10(6-13)16-23-25-26-24-16/h1-3,6-7,9,12,21H,4-5H2,(H,20,22)(H,23,24,25,26). The predicted molar refractivity (Wildman–Crippen MR) is 97.2 cm³/mol. The van der Waals surface area contributed by atoms with Crippen LogP contribution in [-0.4, -0.2) is 41.3 Å². The monoisotopic (exact) mass is 358 g/mol. The molecule has 1 aromatic carbocycles. The Labute approximate surface area is 153 Å². The highest BCUT2D eigenvalue weighted by Gasteiger charge is 2.23. The van der Waals surface area contributed by atoms with Gasteiger partial charge in [-0.15, -0.1) is 10.2 Å². The van der Waals surface area contributed by atoms with Gasteiger partial charge >= 0.3 is 0 Å². The van der Waals surface area contributed by atoms with Gasteiger partial charge < -0.3 is 10.6 Å². The van der Waals surface area contributed by atoms with E-state index in [2.05, 4.69) is 47.4 Å². The number of fused-ring (bicyclic) bond motifs is 1. The Balaban J connectivity index is 1.53. The van der Waals surface area contributed by atoms with Crippen LogP contribution in [0.4, 0.5) is 17.3 Å². The molecule has 10 nitrogen and oxygen atoms in total. The molecule has 0 radical (unpaired) electrons. The number of H-pyrrole nitrogens is 1. The number of hydrogen-bond donors (Lipinski definition) is 3. The van der Waals surface area contributed by atoms with Crippen molar-refractivity contribution in [2.75, 3.05) is 10.6 Å². The van der Waals surface area contributed by atoms with E-state index in [1.165, 1.54) is 6.20 Å².